The van der Waals surface area contributed by atoms with E-state index in [1.165, 1.54) is 20.0 Å². The molecule has 224 valence electrons. The minimum absolute atomic E-state index is 0.00622. The summed E-state index contributed by atoms with van der Waals surface area (Å²) in [6.45, 7) is 15.4. The Hall–Kier alpha value is -1.94. The van der Waals surface area contributed by atoms with Crippen LogP contribution in [0.25, 0.3) is 0 Å². The molecule has 40 heavy (non-hydrogen) atoms. The van der Waals surface area contributed by atoms with Crippen LogP contribution in [-0.4, -0.2) is 52.8 Å². The van der Waals surface area contributed by atoms with Gasteiger partial charge in [-0.05, 0) is 62.0 Å². The maximum absolute atomic E-state index is 12.1. The first-order valence-electron chi connectivity index (χ1n) is 14.4. The largest absolute Gasteiger partial charge is 0.496 e. The van der Waals surface area contributed by atoms with Gasteiger partial charge in [0.1, 0.15) is 11.5 Å². The van der Waals surface area contributed by atoms with E-state index in [4.69, 9.17) is 28.4 Å². The van der Waals surface area contributed by atoms with Crippen LogP contribution in [0.1, 0.15) is 86.2 Å². The van der Waals surface area contributed by atoms with E-state index in [0.717, 1.165) is 57.5 Å². The average molecular weight is 592 g/mol. The summed E-state index contributed by atoms with van der Waals surface area (Å²) in [7, 11) is 2.56. The van der Waals surface area contributed by atoms with Gasteiger partial charge in [-0.1, -0.05) is 40.5 Å². The van der Waals surface area contributed by atoms with Gasteiger partial charge >= 0.3 is 5.97 Å². The molecule has 0 saturated heterocycles. The van der Waals surface area contributed by atoms with Gasteiger partial charge in [0.15, 0.2) is 8.32 Å². The van der Waals surface area contributed by atoms with E-state index in [1.807, 2.05) is 6.92 Å². The highest BCUT2D eigenvalue weighted by Gasteiger charge is 2.43. The number of benzene rings is 1. The Morgan fingerprint density at radius 1 is 1.10 bits per heavy atom. The number of carbonyl (C=O) groups excluding carboxylic acids is 1. The molecule has 7 nitrogen and oxygen atoms in total. The molecule has 1 heterocycles. The molecule has 1 aromatic carbocycles. The number of ether oxygens (including phenoxy) is 4. The molecule has 1 aromatic heterocycles. The fourth-order valence-electron chi connectivity index (χ4n) is 4.94. The first-order valence-corrected chi connectivity index (χ1v) is 18.2. The lowest BCUT2D eigenvalue weighted by molar-refractivity contribution is -0.139. The first kappa shape index (κ1) is 32.6. The lowest BCUT2D eigenvalue weighted by atomic mass is 9.99. The average Bonchev–Trinajstić information content (AvgIpc) is 3.56. The van der Waals surface area contributed by atoms with Gasteiger partial charge in [-0.25, -0.2) is 4.98 Å². The molecule has 1 aliphatic rings. The number of hydrogen-bond donors (Lipinski definition) is 0. The summed E-state index contributed by atoms with van der Waals surface area (Å²) in [5.74, 6) is 1.25. The second-order valence-corrected chi connectivity index (χ2v) is 18.1. The maximum atomic E-state index is 12.1. The Bertz CT molecular complexity index is 1110. The highest BCUT2D eigenvalue weighted by Crippen LogP contribution is 2.44. The number of aromatic nitrogens is 1. The van der Waals surface area contributed by atoms with E-state index in [1.54, 1.807) is 25.6 Å². The molecular weight excluding hydrogens is 542 g/mol. The summed E-state index contributed by atoms with van der Waals surface area (Å²) >= 11 is 1.66. The molecule has 2 aromatic rings. The molecule has 0 N–H and O–H groups in total. The number of nitrogens with zero attached hydrogens (tertiary/aromatic N) is 1. The van der Waals surface area contributed by atoms with Crippen molar-refractivity contribution in [2.75, 3.05) is 21.3 Å². The zero-order valence-electron chi connectivity index (χ0n) is 26.1. The highest BCUT2D eigenvalue weighted by molar-refractivity contribution is 7.11. The fraction of sp³-hybridized carbons (Fsp3) is 0.677. The van der Waals surface area contributed by atoms with E-state index in [-0.39, 0.29) is 35.7 Å². The standard InChI is InChI=1S/C31H49NO6SSi/c1-11-27-23(18-29(33)36-8)32-28(39-27)19-26(37-22-14-12-13-15-22)30(38-40(9,10)31(3,4)5)21-16-24(34-6)20(2)25(17-21)35-7/h16-17,22,26,30H,11-15,18-19H2,1-10H3. The van der Waals surface area contributed by atoms with Gasteiger partial charge in [0.2, 0.25) is 0 Å². The quantitative estimate of drug-likeness (QED) is 0.178. The van der Waals surface area contributed by atoms with Crippen molar-refractivity contribution in [2.45, 2.75) is 116 Å². The Morgan fingerprint density at radius 2 is 1.70 bits per heavy atom. The van der Waals surface area contributed by atoms with Crippen molar-refractivity contribution in [3.63, 3.8) is 0 Å². The van der Waals surface area contributed by atoms with Crippen molar-refractivity contribution in [3.05, 3.63) is 38.8 Å². The third-order valence-corrected chi connectivity index (χ3v) is 14.1. The zero-order chi connectivity index (χ0) is 29.7. The van der Waals surface area contributed by atoms with Crippen molar-refractivity contribution >= 4 is 25.6 Å². The molecule has 0 radical (unpaired) electrons. The van der Waals surface area contributed by atoms with Gasteiger partial charge in [-0.2, -0.15) is 0 Å². The SMILES string of the molecule is CCc1sc(CC(OC2CCCC2)C(O[Si](C)(C)C(C)(C)C)c2cc(OC)c(C)c(OC)c2)nc1CC(=O)OC. The van der Waals surface area contributed by atoms with Crippen LogP contribution < -0.4 is 9.47 Å². The molecule has 0 bridgehead atoms. The highest BCUT2D eigenvalue weighted by atomic mass is 32.1. The number of esters is 1. The smallest absolute Gasteiger partial charge is 0.311 e. The van der Waals surface area contributed by atoms with E-state index >= 15 is 0 Å². The predicted octanol–water partition coefficient (Wildman–Crippen LogP) is 7.38. The number of thiazole rings is 1. The van der Waals surface area contributed by atoms with Crippen molar-refractivity contribution < 1.29 is 28.2 Å². The number of carbonyl (C=O) groups is 1. The Morgan fingerprint density at radius 3 is 2.20 bits per heavy atom. The topological polar surface area (TPSA) is 76.1 Å². The van der Waals surface area contributed by atoms with Crippen LogP contribution >= 0.6 is 11.3 Å². The Balaban J connectivity index is 2.12. The fourth-order valence-corrected chi connectivity index (χ4v) is 7.29. The van der Waals surface area contributed by atoms with Crippen LogP contribution in [0.2, 0.25) is 18.1 Å². The maximum Gasteiger partial charge on any atom is 0.311 e. The summed E-state index contributed by atoms with van der Waals surface area (Å²) in [5, 5.41) is 0.959. The number of hydrogen-bond acceptors (Lipinski definition) is 8. The summed E-state index contributed by atoms with van der Waals surface area (Å²) in [4.78, 5) is 18.1. The van der Waals surface area contributed by atoms with Crippen molar-refractivity contribution in [2.24, 2.45) is 0 Å². The molecule has 2 atom stereocenters. The molecule has 0 aliphatic heterocycles. The van der Waals surface area contributed by atoms with Crippen molar-refractivity contribution in [3.8, 4) is 11.5 Å². The minimum Gasteiger partial charge on any atom is -0.496 e. The van der Waals surface area contributed by atoms with Crippen LogP contribution in [0, 0.1) is 6.92 Å². The summed E-state index contributed by atoms with van der Waals surface area (Å²) < 4.78 is 30.6. The summed E-state index contributed by atoms with van der Waals surface area (Å²) in [5.41, 5.74) is 2.73. The van der Waals surface area contributed by atoms with Crippen molar-refractivity contribution in [1.82, 2.24) is 4.98 Å². The van der Waals surface area contributed by atoms with E-state index < -0.39 is 8.32 Å². The zero-order valence-corrected chi connectivity index (χ0v) is 28.0. The third kappa shape index (κ3) is 7.87. The molecule has 1 saturated carbocycles. The van der Waals surface area contributed by atoms with Gasteiger partial charge in [0.25, 0.3) is 0 Å². The molecule has 0 spiro atoms. The summed E-state index contributed by atoms with van der Waals surface area (Å²) in [6, 6.07) is 4.14. The molecule has 9 heteroatoms. The van der Waals surface area contributed by atoms with Crippen LogP contribution in [0.4, 0.5) is 0 Å². The van der Waals surface area contributed by atoms with Crippen LogP contribution in [-0.2, 0) is 38.0 Å². The second kappa shape index (κ2) is 13.8. The second-order valence-electron chi connectivity index (χ2n) is 12.2. The first-order chi connectivity index (χ1) is 18.8. The summed E-state index contributed by atoms with van der Waals surface area (Å²) in [6.07, 6.45) is 5.62. The minimum atomic E-state index is -2.23. The number of methoxy groups -OCH3 is 3. The van der Waals surface area contributed by atoms with Crippen LogP contribution in [0.15, 0.2) is 12.1 Å². The lowest BCUT2D eigenvalue weighted by Gasteiger charge is -2.42. The van der Waals surface area contributed by atoms with E-state index in [9.17, 15) is 4.79 Å². The van der Waals surface area contributed by atoms with Gasteiger partial charge in [0.05, 0.1) is 56.8 Å². The molecule has 1 fully saturated rings. The molecular formula is C31H49NO6SSi. The van der Waals surface area contributed by atoms with Gasteiger partial charge < -0.3 is 23.4 Å². The van der Waals surface area contributed by atoms with E-state index in [0.29, 0.717) is 6.42 Å². The Kier molecular flexibility index (Phi) is 11.2. The molecule has 0 amide bonds. The lowest BCUT2D eigenvalue weighted by Crippen LogP contribution is -2.45. The van der Waals surface area contributed by atoms with Gasteiger partial charge in [-0.3, -0.25) is 4.79 Å². The van der Waals surface area contributed by atoms with Crippen molar-refractivity contribution in [1.29, 1.82) is 0 Å². The van der Waals surface area contributed by atoms with Gasteiger partial charge in [0, 0.05) is 16.9 Å². The monoisotopic (exact) mass is 591 g/mol. The van der Waals surface area contributed by atoms with Crippen LogP contribution in [0.5, 0.6) is 11.5 Å². The molecule has 3 rings (SSSR count). The molecule has 2 unspecified atom stereocenters. The molecule has 1 aliphatic carbocycles. The van der Waals surface area contributed by atoms with E-state index in [2.05, 4.69) is 52.9 Å². The number of rotatable bonds is 13. The third-order valence-electron chi connectivity index (χ3n) is 8.40. The van der Waals surface area contributed by atoms with Gasteiger partial charge in [-0.15, -0.1) is 11.3 Å². The van der Waals surface area contributed by atoms with Crippen LogP contribution in [0.3, 0.4) is 0 Å². The normalized spacial score (nSPS) is 16.1. The Labute approximate surface area is 246 Å². The predicted molar refractivity (Wildman–Crippen MR) is 163 cm³/mol. The number of aryl methyl sites for hydroxylation is 1.